The molecule has 0 aromatic carbocycles. The molecule has 132 valence electrons. The predicted molar refractivity (Wildman–Crippen MR) is 95.2 cm³/mol. The third kappa shape index (κ3) is 3.74. The fraction of sp³-hybridized carbons (Fsp3) is 0.250. The fourth-order valence-electron chi connectivity index (χ4n) is 2.72. The lowest BCUT2D eigenvalue weighted by atomic mass is 10.1. The van der Waals surface area contributed by atoms with Gasteiger partial charge in [-0.05, 0) is 43.4 Å². The van der Waals surface area contributed by atoms with Crippen molar-refractivity contribution in [2.75, 3.05) is 5.73 Å². The van der Waals surface area contributed by atoms with E-state index in [4.69, 9.17) is 13.7 Å². The van der Waals surface area contributed by atoms with Crippen LogP contribution >= 0.6 is 0 Å². The predicted octanol–water partition coefficient (Wildman–Crippen LogP) is 0.746. The number of aromatic nitrogens is 4. The van der Waals surface area contributed by atoms with E-state index in [1.165, 1.54) is 12.3 Å². The van der Waals surface area contributed by atoms with E-state index in [9.17, 15) is 14.0 Å². The van der Waals surface area contributed by atoms with Crippen molar-refractivity contribution in [2.24, 2.45) is 0 Å². The van der Waals surface area contributed by atoms with Gasteiger partial charge in [-0.15, -0.1) is 0 Å². The number of pyridine rings is 1. The van der Waals surface area contributed by atoms with Crippen molar-refractivity contribution in [1.82, 2.24) is 25.2 Å². The van der Waals surface area contributed by atoms with Gasteiger partial charge in [0, 0.05) is 11.9 Å². The van der Waals surface area contributed by atoms with Crippen LogP contribution in [0.15, 0.2) is 23.1 Å². The van der Waals surface area contributed by atoms with Gasteiger partial charge in [0.05, 0.1) is 5.39 Å². The highest BCUT2D eigenvalue weighted by Gasteiger charge is 2.12. The van der Waals surface area contributed by atoms with Crippen LogP contribution < -0.4 is 16.5 Å². The standard InChI is InChI=1S/C16H16BFN6O2/c17-24-15(26)12-11(18)5-8(7-20-12)3-1-2-4-9-6-10-13(21-9)22-16(19)23-14(10)25/h5-7H,1-4H2,(H,24,26)(H4,19,21,22,23,25). The number of carbonyl (C=O) groups excluding carboxylic acids is 1. The van der Waals surface area contributed by atoms with Crippen LogP contribution in [0.1, 0.15) is 34.6 Å². The first kappa shape index (κ1) is 17.7. The highest BCUT2D eigenvalue weighted by Crippen LogP contribution is 2.14. The van der Waals surface area contributed by atoms with Crippen LogP contribution in [0.4, 0.5) is 10.3 Å². The van der Waals surface area contributed by atoms with Gasteiger partial charge in [-0.2, -0.15) is 4.98 Å². The summed E-state index contributed by atoms with van der Waals surface area (Å²) >= 11 is 0. The molecule has 26 heavy (non-hydrogen) atoms. The number of anilines is 1. The molecule has 0 fully saturated rings. The van der Waals surface area contributed by atoms with Crippen LogP contribution in [0, 0.1) is 5.82 Å². The number of rotatable bonds is 6. The highest BCUT2D eigenvalue weighted by atomic mass is 19.1. The van der Waals surface area contributed by atoms with Crippen LogP contribution in [-0.2, 0) is 12.8 Å². The number of unbranched alkanes of at least 4 members (excludes halogenated alkanes) is 1. The summed E-state index contributed by atoms with van der Waals surface area (Å²) < 4.78 is 13.8. The smallest absolute Gasteiger partial charge is 0.261 e. The second-order valence-corrected chi connectivity index (χ2v) is 5.86. The number of nitrogens with one attached hydrogen (secondary N) is 3. The zero-order valence-electron chi connectivity index (χ0n) is 13.8. The van der Waals surface area contributed by atoms with Crippen molar-refractivity contribution in [2.45, 2.75) is 25.7 Å². The van der Waals surface area contributed by atoms with E-state index >= 15 is 0 Å². The first-order chi connectivity index (χ1) is 12.5. The van der Waals surface area contributed by atoms with E-state index in [2.05, 4.69) is 19.9 Å². The first-order valence-electron chi connectivity index (χ1n) is 8.00. The Hall–Kier alpha value is -3.17. The average molecular weight is 354 g/mol. The third-order valence-corrected chi connectivity index (χ3v) is 3.98. The van der Waals surface area contributed by atoms with Crippen molar-refractivity contribution >= 4 is 30.9 Å². The van der Waals surface area contributed by atoms with E-state index in [1.54, 1.807) is 6.07 Å². The molecule has 3 rings (SSSR count). The molecule has 1 amide bonds. The molecule has 10 heteroatoms. The molecule has 3 aromatic heterocycles. The lowest BCUT2D eigenvalue weighted by Crippen LogP contribution is -2.22. The van der Waals surface area contributed by atoms with Crippen LogP contribution in [0.5, 0.6) is 0 Å². The summed E-state index contributed by atoms with van der Waals surface area (Å²) in [6, 6.07) is 3.04. The van der Waals surface area contributed by atoms with Gasteiger partial charge in [0.15, 0.2) is 11.5 Å². The minimum atomic E-state index is -0.767. The second-order valence-electron chi connectivity index (χ2n) is 5.86. The molecule has 0 saturated carbocycles. The maximum atomic E-state index is 13.8. The van der Waals surface area contributed by atoms with Crippen molar-refractivity contribution in [3.63, 3.8) is 0 Å². The molecule has 3 heterocycles. The molecule has 3 aromatic rings. The third-order valence-electron chi connectivity index (χ3n) is 3.98. The maximum absolute atomic E-state index is 13.8. The van der Waals surface area contributed by atoms with Gasteiger partial charge in [-0.3, -0.25) is 14.6 Å². The number of H-pyrrole nitrogens is 2. The molecular weight excluding hydrogens is 338 g/mol. The molecule has 0 unspecified atom stereocenters. The van der Waals surface area contributed by atoms with Crippen molar-refractivity contribution in [3.05, 3.63) is 51.5 Å². The van der Waals surface area contributed by atoms with Gasteiger partial charge < -0.3 is 15.9 Å². The van der Waals surface area contributed by atoms with Gasteiger partial charge in [0.2, 0.25) is 13.9 Å². The van der Waals surface area contributed by atoms with E-state index < -0.39 is 11.7 Å². The van der Waals surface area contributed by atoms with Crippen LogP contribution in [-0.4, -0.2) is 33.8 Å². The quantitative estimate of drug-likeness (QED) is 0.383. The van der Waals surface area contributed by atoms with Crippen LogP contribution in [0.2, 0.25) is 0 Å². The lowest BCUT2D eigenvalue weighted by Gasteiger charge is -2.04. The maximum Gasteiger partial charge on any atom is 0.261 e. The number of carbonyl (C=O) groups is 1. The minimum Gasteiger partial charge on any atom is -0.404 e. The molecule has 8 nitrogen and oxygen atoms in total. The molecule has 2 radical (unpaired) electrons. The zero-order chi connectivity index (χ0) is 18.7. The Balaban J connectivity index is 1.57. The Labute approximate surface area is 148 Å². The van der Waals surface area contributed by atoms with E-state index in [1.807, 2.05) is 5.23 Å². The number of amides is 1. The lowest BCUT2D eigenvalue weighted by molar-refractivity contribution is 0.0972. The molecule has 5 N–H and O–H groups in total. The van der Waals surface area contributed by atoms with Gasteiger partial charge in [-0.1, -0.05) is 0 Å². The van der Waals surface area contributed by atoms with Crippen molar-refractivity contribution < 1.29 is 9.18 Å². The molecule has 0 aliphatic rings. The summed E-state index contributed by atoms with van der Waals surface area (Å²) in [5, 5.41) is 2.31. The number of nitrogens with zero attached hydrogens (tertiary/aromatic N) is 2. The number of hydrogen-bond acceptors (Lipinski definition) is 5. The van der Waals surface area contributed by atoms with Crippen LogP contribution in [0.25, 0.3) is 11.0 Å². The van der Waals surface area contributed by atoms with Crippen molar-refractivity contribution in [1.29, 1.82) is 0 Å². The molecule has 0 saturated heterocycles. The SMILES string of the molecule is [B]NC(=O)c1ncc(CCCCc2cc3c(=O)[nH]c(N)nc3[nH]2)cc1F. The number of aromatic amines is 2. The molecule has 0 spiro atoms. The van der Waals surface area contributed by atoms with Gasteiger partial charge in [0.1, 0.15) is 5.65 Å². The minimum absolute atomic E-state index is 0.0668. The summed E-state index contributed by atoms with van der Waals surface area (Å²) in [5.41, 5.74) is 6.94. The number of hydrogen-bond donors (Lipinski definition) is 4. The summed E-state index contributed by atoms with van der Waals surface area (Å²) in [6.07, 6.45) is 4.38. The fourth-order valence-corrected chi connectivity index (χ4v) is 2.72. The number of nitrogen functional groups attached to an aromatic ring is 1. The number of nitrogens with two attached hydrogens (primary N) is 1. The zero-order valence-corrected chi connectivity index (χ0v) is 13.8. The Bertz CT molecular complexity index is 1020. The summed E-state index contributed by atoms with van der Waals surface area (Å²) in [7, 11) is 4.97. The molecular formula is C16H16BFN6O2. The monoisotopic (exact) mass is 354 g/mol. The molecule has 0 aliphatic heterocycles. The van der Waals surface area contributed by atoms with Crippen LogP contribution in [0.3, 0.4) is 0 Å². The van der Waals surface area contributed by atoms with Gasteiger partial charge >= 0.3 is 0 Å². The number of aryl methyl sites for hydroxylation is 2. The topological polar surface area (TPSA) is 130 Å². The van der Waals surface area contributed by atoms with Gasteiger partial charge in [-0.25, -0.2) is 9.37 Å². The van der Waals surface area contributed by atoms with Crippen molar-refractivity contribution in [3.8, 4) is 0 Å². The number of halogens is 1. The van der Waals surface area contributed by atoms with E-state index in [0.717, 1.165) is 18.5 Å². The Morgan fingerprint density at radius 1 is 1.27 bits per heavy atom. The molecule has 0 bridgehead atoms. The highest BCUT2D eigenvalue weighted by molar-refractivity contribution is 6.17. The average Bonchev–Trinajstić information content (AvgIpc) is 3.01. The Morgan fingerprint density at radius 3 is 2.77 bits per heavy atom. The summed E-state index contributed by atoms with van der Waals surface area (Å²) in [5.74, 6) is -1.40. The molecule has 0 atom stereocenters. The van der Waals surface area contributed by atoms with E-state index in [-0.39, 0.29) is 17.2 Å². The Kier molecular flexibility index (Phi) is 5.01. The second kappa shape index (κ2) is 7.38. The summed E-state index contributed by atoms with van der Waals surface area (Å²) in [6.45, 7) is 0. The largest absolute Gasteiger partial charge is 0.404 e. The van der Waals surface area contributed by atoms with E-state index in [0.29, 0.717) is 29.4 Å². The van der Waals surface area contributed by atoms with Gasteiger partial charge in [0.25, 0.3) is 11.5 Å². The normalized spacial score (nSPS) is 11.0. The summed E-state index contributed by atoms with van der Waals surface area (Å²) in [4.78, 5) is 36.5. The number of fused-ring (bicyclic) bond motifs is 1. The first-order valence-corrected chi connectivity index (χ1v) is 8.00. The molecule has 0 aliphatic carbocycles. The Morgan fingerprint density at radius 2 is 2.04 bits per heavy atom.